The second kappa shape index (κ2) is 7.07. The van der Waals surface area contributed by atoms with Gasteiger partial charge in [0.25, 0.3) is 0 Å². The van der Waals surface area contributed by atoms with Crippen LogP contribution in [0.2, 0.25) is 0 Å². The number of hydrogen-bond acceptors (Lipinski definition) is 5. The SMILES string of the molecule is Nc1nc(CCCNC2CCC3(CCNCC3)CC2)cs1. The molecule has 4 nitrogen and oxygen atoms in total. The van der Waals surface area contributed by atoms with Crippen molar-refractivity contribution in [2.24, 2.45) is 5.41 Å². The maximum atomic E-state index is 5.66. The predicted octanol–water partition coefficient (Wildman–Crippen LogP) is 2.56. The van der Waals surface area contributed by atoms with Crippen molar-refractivity contribution < 1.29 is 0 Å². The Morgan fingerprint density at radius 2 is 2.05 bits per heavy atom. The Hall–Kier alpha value is -0.650. The van der Waals surface area contributed by atoms with Crippen molar-refractivity contribution in [1.29, 1.82) is 0 Å². The van der Waals surface area contributed by atoms with Crippen LogP contribution in [0.3, 0.4) is 0 Å². The molecule has 1 aromatic heterocycles. The van der Waals surface area contributed by atoms with Crippen molar-refractivity contribution in [2.75, 3.05) is 25.4 Å². The molecule has 1 aromatic rings. The van der Waals surface area contributed by atoms with Crippen molar-refractivity contribution in [3.8, 4) is 0 Å². The molecule has 0 bridgehead atoms. The number of aromatic nitrogens is 1. The molecule has 2 fully saturated rings. The normalized spacial score (nSPS) is 22.7. The van der Waals surface area contributed by atoms with Crippen LogP contribution in [0, 0.1) is 5.41 Å². The summed E-state index contributed by atoms with van der Waals surface area (Å²) in [6.07, 6.45) is 10.6. The number of nitrogen functional groups attached to an aromatic ring is 1. The zero-order valence-corrected chi connectivity index (χ0v) is 13.7. The fourth-order valence-electron chi connectivity index (χ4n) is 3.90. The maximum Gasteiger partial charge on any atom is 0.180 e. The standard InChI is InChI=1S/C16H28N4S/c17-15-20-14(12-21-15)2-1-9-19-13-3-5-16(6-4-13)7-10-18-11-8-16/h12-13,18-19H,1-11H2,(H2,17,20). The predicted molar refractivity (Wildman–Crippen MR) is 89.6 cm³/mol. The van der Waals surface area contributed by atoms with E-state index >= 15 is 0 Å². The summed E-state index contributed by atoms with van der Waals surface area (Å²) in [4.78, 5) is 4.31. The first kappa shape index (κ1) is 15.3. The number of nitrogens with zero attached hydrogens (tertiary/aromatic N) is 1. The fourth-order valence-corrected chi connectivity index (χ4v) is 4.50. The summed E-state index contributed by atoms with van der Waals surface area (Å²) in [5, 5.41) is 10.0. The summed E-state index contributed by atoms with van der Waals surface area (Å²) in [7, 11) is 0. The highest BCUT2D eigenvalue weighted by Crippen LogP contribution is 2.43. The third kappa shape index (κ3) is 4.18. The highest BCUT2D eigenvalue weighted by atomic mass is 32.1. The van der Waals surface area contributed by atoms with E-state index in [1.165, 1.54) is 51.6 Å². The summed E-state index contributed by atoms with van der Waals surface area (Å²) in [5.74, 6) is 0. The van der Waals surface area contributed by atoms with E-state index in [1.54, 1.807) is 11.3 Å². The molecule has 0 atom stereocenters. The molecule has 1 spiro atoms. The van der Waals surface area contributed by atoms with Gasteiger partial charge in [0.15, 0.2) is 5.13 Å². The van der Waals surface area contributed by atoms with Crippen LogP contribution in [0.5, 0.6) is 0 Å². The number of hydrogen-bond donors (Lipinski definition) is 3. The largest absolute Gasteiger partial charge is 0.375 e. The van der Waals surface area contributed by atoms with E-state index in [9.17, 15) is 0 Å². The molecule has 0 aromatic carbocycles. The van der Waals surface area contributed by atoms with E-state index in [-0.39, 0.29) is 0 Å². The lowest BCUT2D eigenvalue weighted by Gasteiger charge is -2.43. The second-order valence-corrected chi connectivity index (χ2v) is 7.65. The number of nitrogens with one attached hydrogen (secondary N) is 2. The molecule has 0 radical (unpaired) electrons. The van der Waals surface area contributed by atoms with Crippen molar-refractivity contribution in [2.45, 2.75) is 57.4 Å². The highest BCUT2D eigenvalue weighted by molar-refractivity contribution is 7.13. The highest BCUT2D eigenvalue weighted by Gasteiger charge is 2.35. The Morgan fingerprint density at radius 3 is 2.71 bits per heavy atom. The van der Waals surface area contributed by atoms with Crippen LogP contribution < -0.4 is 16.4 Å². The van der Waals surface area contributed by atoms with E-state index in [2.05, 4.69) is 21.0 Å². The van der Waals surface area contributed by atoms with Crippen molar-refractivity contribution in [1.82, 2.24) is 15.6 Å². The third-order valence-corrected chi connectivity index (χ3v) is 6.05. The Morgan fingerprint density at radius 1 is 1.29 bits per heavy atom. The minimum atomic E-state index is 0.682. The Kier molecular flexibility index (Phi) is 5.14. The van der Waals surface area contributed by atoms with Gasteiger partial charge in [0.05, 0.1) is 5.69 Å². The molecular weight excluding hydrogens is 280 g/mol. The van der Waals surface area contributed by atoms with Crippen molar-refractivity contribution >= 4 is 16.5 Å². The van der Waals surface area contributed by atoms with E-state index in [4.69, 9.17) is 5.73 Å². The van der Waals surface area contributed by atoms with E-state index in [0.717, 1.165) is 31.1 Å². The van der Waals surface area contributed by atoms with E-state index in [0.29, 0.717) is 10.5 Å². The van der Waals surface area contributed by atoms with Gasteiger partial charge in [-0.15, -0.1) is 11.3 Å². The summed E-state index contributed by atoms with van der Waals surface area (Å²) in [6, 6.07) is 0.742. The maximum absolute atomic E-state index is 5.66. The molecule has 2 heterocycles. The van der Waals surface area contributed by atoms with Gasteiger partial charge in [0.1, 0.15) is 0 Å². The first-order valence-corrected chi connectivity index (χ1v) is 9.28. The molecule has 0 unspecified atom stereocenters. The average Bonchev–Trinajstić information content (AvgIpc) is 2.92. The van der Waals surface area contributed by atoms with Gasteiger partial charge in [0.2, 0.25) is 0 Å². The lowest BCUT2D eigenvalue weighted by Crippen LogP contribution is -2.43. The van der Waals surface area contributed by atoms with Gasteiger partial charge in [-0.25, -0.2) is 4.98 Å². The Labute approximate surface area is 131 Å². The summed E-state index contributed by atoms with van der Waals surface area (Å²) >= 11 is 1.54. The van der Waals surface area contributed by atoms with E-state index < -0.39 is 0 Å². The molecule has 118 valence electrons. The molecule has 1 saturated heterocycles. The van der Waals surface area contributed by atoms with Crippen LogP contribution in [0.15, 0.2) is 5.38 Å². The lowest BCUT2D eigenvalue weighted by atomic mass is 9.67. The minimum absolute atomic E-state index is 0.682. The summed E-state index contributed by atoms with van der Waals surface area (Å²) in [6.45, 7) is 3.57. The molecule has 4 N–H and O–H groups in total. The minimum Gasteiger partial charge on any atom is -0.375 e. The van der Waals surface area contributed by atoms with Crippen LogP contribution in [0.1, 0.15) is 50.6 Å². The van der Waals surface area contributed by atoms with Crippen LogP contribution in [-0.4, -0.2) is 30.7 Å². The van der Waals surface area contributed by atoms with Gasteiger partial charge in [-0.05, 0) is 76.4 Å². The van der Waals surface area contributed by atoms with E-state index in [1.807, 2.05) is 0 Å². The molecular formula is C16H28N4S. The van der Waals surface area contributed by atoms with Crippen LogP contribution >= 0.6 is 11.3 Å². The van der Waals surface area contributed by atoms with Crippen LogP contribution in [-0.2, 0) is 6.42 Å². The van der Waals surface area contributed by atoms with Gasteiger partial charge in [-0.2, -0.15) is 0 Å². The summed E-state index contributed by atoms with van der Waals surface area (Å²) in [5.41, 5.74) is 7.49. The monoisotopic (exact) mass is 308 g/mol. The number of nitrogens with two attached hydrogens (primary N) is 1. The Balaban J connectivity index is 1.32. The molecule has 21 heavy (non-hydrogen) atoms. The smallest absolute Gasteiger partial charge is 0.180 e. The number of rotatable bonds is 5. The topological polar surface area (TPSA) is 63.0 Å². The lowest BCUT2D eigenvalue weighted by molar-refractivity contribution is 0.116. The number of aryl methyl sites for hydroxylation is 1. The Bertz CT molecular complexity index is 429. The van der Waals surface area contributed by atoms with Gasteiger partial charge in [0, 0.05) is 11.4 Å². The quantitative estimate of drug-likeness (QED) is 0.732. The zero-order valence-electron chi connectivity index (χ0n) is 12.9. The van der Waals surface area contributed by atoms with Crippen LogP contribution in [0.25, 0.3) is 0 Å². The number of thiazole rings is 1. The average molecular weight is 308 g/mol. The first-order valence-electron chi connectivity index (χ1n) is 8.40. The van der Waals surface area contributed by atoms with Gasteiger partial charge in [-0.3, -0.25) is 0 Å². The van der Waals surface area contributed by atoms with Crippen molar-refractivity contribution in [3.63, 3.8) is 0 Å². The van der Waals surface area contributed by atoms with Gasteiger partial charge in [-0.1, -0.05) is 0 Å². The zero-order chi connectivity index (χ0) is 14.5. The molecule has 1 aliphatic carbocycles. The number of piperidine rings is 1. The molecule has 3 rings (SSSR count). The van der Waals surface area contributed by atoms with Crippen LogP contribution in [0.4, 0.5) is 5.13 Å². The molecule has 2 aliphatic rings. The molecule has 0 amide bonds. The second-order valence-electron chi connectivity index (χ2n) is 6.76. The third-order valence-electron chi connectivity index (χ3n) is 5.32. The molecule has 5 heteroatoms. The summed E-state index contributed by atoms with van der Waals surface area (Å²) < 4.78 is 0. The number of anilines is 1. The van der Waals surface area contributed by atoms with Crippen molar-refractivity contribution in [3.05, 3.63) is 11.1 Å². The fraction of sp³-hybridized carbons (Fsp3) is 0.812. The first-order chi connectivity index (χ1) is 10.3. The van der Waals surface area contributed by atoms with Gasteiger partial charge < -0.3 is 16.4 Å². The molecule has 1 aliphatic heterocycles. The van der Waals surface area contributed by atoms with Gasteiger partial charge >= 0.3 is 0 Å². The molecule has 1 saturated carbocycles.